The van der Waals surface area contributed by atoms with Gasteiger partial charge in [0.05, 0.1) is 0 Å². The van der Waals surface area contributed by atoms with Crippen LogP contribution in [-0.2, 0) is 26.3 Å². The summed E-state index contributed by atoms with van der Waals surface area (Å²) in [5, 5.41) is 28.7. The van der Waals surface area contributed by atoms with Crippen LogP contribution in [0.2, 0.25) is 0 Å². The summed E-state index contributed by atoms with van der Waals surface area (Å²) in [7, 11) is 1.47. The van der Waals surface area contributed by atoms with Gasteiger partial charge in [-0.05, 0) is 5.57 Å². The van der Waals surface area contributed by atoms with Crippen molar-refractivity contribution in [3.63, 3.8) is 0 Å². The van der Waals surface area contributed by atoms with Gasteiger partial charge in [-0.1, -0.05) is 29.6 Å². The van der Waals surface area contributed by atoms with Crippen LogP contribution in [-0.4, -0.2) is 92.3 Å². The Kier molecular flexibility index (Phi) is 7.97. The van der Waals surface area contributed by atoms with E-state index in [-0.39, 0.29) is 45.6 Å². The van der Waals surface area contributed by atoms with E-state index in [1.54, 1.807) is 0 Å². The lowest BCUT2D eigenvalue weighted by atomic mass is 10.0. The van der Waals surface area contributed by atoms with Gasteiger partial charge in [0.1, 0.15) is 23.7 Å². The smallest absolute Gasteiger partial charge is 0.352 e. The molecule has 2 amide bonds. The predicted molar refractivity (Wildman–Crippen MR) is 136 cm³/mol. The van der Waals surface area contributed by atoms with Gasteiger partial charge in [0.2, 0.25) is 11.5 Å². The molecule has 1 unspecified atom stereocenters. The van der Waals surface area contributed by atoms with Crippen molar-refractivity contribution in [2.75, 3.05) is 23.8 Å². The third-order valence-corrected chi connectivity index (χ3v) is 8.03. The Balaban J connectivity index is 1.51. The minimum atomic E-state index is -1.32. The number of carbonyl (C=O) groups is 3. The highest BCUT2D eigenvalue weighted by molar-refractivity contribution is 8.01. The summed E-state index contributed by atoms with van der Waals surface area (Å²) in [6.07, 6.45) is 1.41. The van der Waals surface area contributed by atoms with Crippen molar-refractivity contribution in [2.45, 2.75) is 16.6 Å². The molecule has 16 nitrogen and oxygen atoms in total. The number of aliphatic carboxylic acids is 1. The number of carbonyl (C=O) groups excluding carboxylic acids is 2. The van der Waals surface area contributed by atoms with Gasteiger partial charge in [0.15, 0.2) is 10.3 Å². The zero-order chi connectivity index (χ0) is 27.6. The molecule has 1 fully saturated rings. The van der Waals surface area contributed by atoms with E-state index in [1.807, 2.05) is 0 Å². The van der Waals surface area contributed by atoms with Crippen molar-refractivity contribution < 1.29 is 29.4 Å². The molecule has 1 saturated heterocycles. The van der Waals surface area contributed by atoms with Crippen LogP contribution >= 0.6 is 35.1 Å². The summed E-state index contributed by atoms with van der Waals surface area (Å²) >= 11 is 3.12. The largest absolute Gasteiger partial charge is 0.488 e. The van der Waals surface area contributed by atoms with E-state index >= 15 is 0 Å². The molecule has 4 heterocycles. The van der Waals surface area contributed by atoms with Crippen molar-refractivity contribution in [3.8, 4) is 5.88 Å². The number of nitrogens with two attached hydrogens (primary N) is 1. The molecule has 2 aliphatic heterocycles. The van der Waals surface area contributed by atoms with Gasteiger partial charge in [-0.2, -0.15) is 14.3 Å². The lowest BCUT2D eigenvalue weighted by molar-refractivity contribution is -0.150. The molecule has 0 saturated carbocycles. The molecule has 0 aromatic carbocycles. The minimum Gasteiger partial charge on any atom is -0.488 e. The minimum absolute atomic E-state index is 0.00244. The first kappa shape index (κ1) is 27.1. The molecule has 2 aliphatic rings. The van der Waals surface area contributed by atoms with E-state index in [1.165, 1.54) is 29.6 Å². The second-order valence-electron chi connectivity index (χ2n) is 7.53. The average molecular weight is 582 g/mol. The maximum atomic E-state index is 13.0. The molecule has 200 valence electrons. The quantitative estimate of drug-likeness (QED) is 0.0642. The topological polar surface area (TPSA) is 228 Å². The second-order valence-corrected chi connectivity index (χ2v) is 10.4. The predicted octanol–water partition coefficient (Wildman–Crippen LogP) is -1.25. The number of hydrogen-bond acceptors (Lipinski definition) is 15. The number of β-lactam (4-membered cyclic amide) rings is 1. The Morgan fingerprint density at radius 3 is 2.82 bits per heavy atom. The number of anilines is 1. The number of oxime groups is 1. The van der Waals surface area contributed by atoms with Crippen LogP contribution in [0.3, 0.4) is 0 Å². The highest BCUT2D eigenvalue weighted by atomic mass is 32.2. The zero-order valence-electron chi connectivity index (χ0n) is 19.4. The molecule has 2 atom stereocenters. The Labute approximate surface area is 225 Å². The molecular weight excluding hydrogens is 562 g/mol. The van der Waals surface area contributed by atoms with Gasteiger partial charge in [-0.15, -0.1) is 16.9 Å². The Bertz CT molecular complexity index is 1440. The molecule has 4 rings (SSSR count). The summed E-state index contributed by atoms with van der Waals surface area (Å²) < 4.78 is 5.13. The highest BCUT2D eigenvalue weighted by Crippen LogP contribution is 2.41. The van der Waals surface area contributed by atoms with E-state index in [9.17, 15) is 29.4 Å². The molecule has 0 radical (unpaired) electrons. The number of aromatic nitrogens is 5. The number of amides is 2. The van der Waals surface area contributed by atoms with Gasteiger partial charge in [-0.3, -0.25) is 19.3 Å². The maximum Gasteiger partial charge on any atom is 0.352 e. The molecule has 2 aromatic rings. The average Bonchev–Trinajstić information content (AvgIpc) is 3.31. The van der Waals surface area contributed by atoms with Crippen molar-refractivity contribution in [3.05, 3.63) is 40.1 Å². The Morgan fingerprint density at radius 1 is 1.39 bits per heavy atom. The number of thioether (sulfide) groups is 2. The van der Waals surface area contributed by atoms with E-state index in [2.05, 4.69) is 36.5 Å². The Morgan fingerprint density at radius 2 is 2.16 bits per heavy atom. The number of nitrogens with zero attached hydrogens (tertiary/aromatic N) is 7. The lowest BCUT2D eigenvalue weighted by Gasteiger charge is -2.49. The summed E-state index contributed by atoms with van der Waals surface area (Å²) in [6, 6.07) is -1.04. The van der Waals surface area contributed by atoms with E-state index in [0.717, 1.165) is 28.2 Å². The number of fused-ring (bicyclic) bond motifs is 1. The number of carboxylic acid groups (broad SMARTS) is 1. The highest BCUT2D eigenvalue weighted by Gasteiger charge is 2.54. The summed E-state index contributed by atoms with van der Waals surface area (Å²) in [4.78, 5) is 63.4. The third-order valence-electron chi connectivity index (χ3n) is 5.04. The standard InChI is InChI=1S/C19H19N9O7S3/c1-3-4-35-25-8(11-22-18(20)38-26-11)12(29)21-9-15(32)28-10(17(33)34)7(5-36-16(9)28)6-37-19-23-13(30)14(31)24-27(19)2/h3,9,16H,1,4-6H2,2H3,(H,21,29)(H,24,31)(H,33,34)(H2,20,22,26)/b25-8-/t9?,16-/m1/s1. The molecule has 0 aliphatic carbocycles. The third kappa shape index (κ3) is 5.34. The van der Waals surface area contributed by atoms with E-state index < -0.39 is 40.6 Å². The fourth-order valence-corrected chi connectivity index (χ4v) is 6.21. The van der Waals surface area contributed by atoms with Crippen LogP contribution < -0.4 is 16.6 Å². The number of rotatable bonds is 10. The first-order valence-corrected chi connectivity index (χ1v) is 13.3. The Hall–Kier alpha value is -3.97. The van der Waals surface area contributed by atoms with Crippen molar-refractivity contribution in [1.82, 2.24) is 34.3 Å². The second kappa shape index (κ2) is 11.2. The molecule has 0 spiro atoms. The molecule has 38 heavy (non-hydrogen) atoms. The first-order valence-electron chi connectivity index (χ1n) is 10.5. The number of nitrogen functional groups attached to an aromatic ring is 1. The van der Waals surface area contributed by atoms with E-state index in [0.29, 0.717) is 5.57 Å². The van der Waals surface area contributed by atoms with Crippen molar-refractivity contribution in [2.24, 2.45) is 12.2 Å². The van der Waals surface area contributed by atoms with Crippen molar-refractivity contribution in [1.29, 1.82) is 0 Å². The van der Waals surface area contributed by atoms with Gasteiger partial charge in [-0.25, -0.2) is 9.48 Å². The van der Waals surface area contributed by atoms with Crippen LogP contribution in [0.15, 0.2) is 39.0 Å². The number of hydrogen-bond donors (Lipinski definition) is 4. The van der Waals surface area contributed by atoms with Crippen molar-refractivity contribution >= 4 is 63.7 Å². The number of nitrogens with one attached hydrogen (secondary N) is 1. The van der Waals surface area contributed by atoms with E-state index in [4.69, 9.17) is 10.6 Å². The molecule has 2 aromatic heterocycles. The van der Waals surface area contributed by atoms with Crippen LogP contribution in [0, 0.1) is 0 Å². The summed E-state index contributed by atoms with van der Waals surface area (Å²) in [6.45, 7) is 3.49. The van der Waals surface area contributed by atoms with Gasteiger partial charge < -0.3 is 26.1 Å². The SMILES string of the molecule is C=CCO/N=C(\C(=O)NC1C(=O)N2C(C(=O)O)=C(CSc3nc(=O)c(O)nn3C)CS[C@H]12)c1nsc(N)n1. The molecule has 0 bridgehead atoms. The number of aryl methyl sites for hydroxylation is 1. The number of carboxylic acids is 1. The van der Waals surface area contributed by atoms with Gasteiger partial charge >= 0.3 is 11.5 Å². The first-order chi connectivity index (χ1) is 18.1. The lowest BCUT2D eigenvalue weighted by Crippen LogP contribution is -2.71. The summed E-state index contributed by atoms with van der Waals surface area (Å²) in [5.74, 6) is -3.30. The molecule has 5 N–H and O–H groups in total. The fourth-order valence-electron chi connectivity index (χ4n) is 3.39. The number of aromatic hydroxyl groups is 1. The maximum absolute atomic E-state index is 13.0. The monoisotopic (exact) mass is 581 g/mol. The fraction of sp³-hybridized carbons (Fsp3) is 0.316. The molecular formula is C19H19N9O7S3. The normalized spacial score (nSPS) is 19.0. The van der Waals surface area contributed by atoms with Gasteiger partial charge in [0, 0.05) is 30.1 Å². The summed E-state index contributed by atoms with van der Waals surface area (Å²) in [5.41, 5.74) is 4.57. The van der Waals surface area contributed by atoms with Gasteiger partial charge in [0.25, 0.3) is 17.7 Å². The zero-order valence-corrected chi connectivity index (χ0v) is 21.9. The van der Waals surface area contributed by atoms with Crippen LogP contribution in [0.25, 0.3) is 0 Å². The van der Waals surface area contributed by atoms with Crippen LogP contribution in [0.1, 0.15) is 5.82 Å². The van der Waals surface area contributed by atoms with Crippen LogP contribution in [0.5, 0.6) is 5.88 Å². The molecule has 19 heteroatoms. The van der Waals surface area contributed by atoms with Crippen LogP contribution in [0.4, 0.5) is 5.13 Å².